The Morgan fingerprint density at radius 3 is 2.69 bits per heavy atom. The summed E-state index contributed by atoms with van der Waals surface area (Å²) in [6.45, 7) is 4.23. The van der Waals surface area contributed by atoms with Crippen molar-refractivity contribution < 1.29 is 5.11 Å². The molecule has 4 N–H and O–H groups in total. The number of benzene rings is 1. The first kappa shape index (κ1) is 13.2. The van der Waals surface area contributed by atoms with E-state index in [4.69, 9.17) is 5.73 Å². The maximum atomic E-state index is 9.19. The molecule has 0 saturated heterocycles. The van der Waals surface area contributed by atoms with E-state index in [1.807, 2.05) is 31.4 Å². The highest BCUT2D eigenvalue weighted by molar-refractivity contribution is 7.99. The highest BCUT2D eigenvalue weighted by Crippen LogP contribution is 2.20. The summed E-state index contributed by atoms with van der Waals surface area (Å²) in [6, 6.07) is 6.15. The number of nitrogens with two attached hydrogens (primary N) is 1. The third-order valence-corrected chi connectivity index (χ3v) is 3.88. The highest BCUT2D eigenvalue weighted by Gasteiger charge is 2.14. The van der Waals surface area contributed by atoms with Gasteiger partial charge in [-0.25, -0.2) is 0 Å². The molecule has 0 heterocycles. The molecule has 2 atom stereocenters. The highest BCUT2D eigenvalue weighted by atomic mass is 32.2. The van der Waals surface area contributed by atoms with E-state index in [2.05, 4.69) is 12.2 Å². The molecular weight excluding hydrogens is 220 g/mol. The lowest BCUT2D eigenvalue weighted by Gasteiger charge is -2.22. The minimum atomic E-state index is 0.177. The number of anilines is 2. The molecule has 1 aromatic carbocycles. The van der Waals surface area contributed by atoms with Gasteiger partial charge in [0, 0.05) is 22.7 Å². The number of aryl methyl sites for hydroxylation is 1. The van der Waals surface area contributed by atoms with Crippen molar-refractivity contribution in [2.24, 2.45) is 0 Å². The van der Waals surface area contributed by atoms with Crippen molar-refractivity contribution in [3.63, 3.8) is 0 Å². The van der Waals surface area contributed by atoms with Gasteiger partial charge in [0.15, 0.2) is 0 Å². The number of hydrogen-bond acceptors (Lipinski definition) is 4. The Balaban J connectivity index is 2.69. The van der Waals surface area contributed by atoms with Gasteiger partial charge in [-0.3, -0.25) is 0 Å². The van der Waals surface area contributed by atoms with Gasteiger partial charge in [0.1, 0.15) is 0 Å². The van der Waals surface area contributed by atoms with Crippen LogP contribution in [0.25, 0.3) is 0 Å². The van der Waals surface area contributed by atoms with E-state index < -0.39 is 0 Å². The summed E-state index contributed by atoms with van der Waals surface area (Å²) < 4.78 is 0. The molecule has 0 bridgehead atoms. The van der Waals surface area contributed by atoms with Crippen molar-refractivity contribution in [3.05, 3.63) is 23.8 Å². The topological polar surface area (TPSA) is 58.3 Å². The summed E-state index contributed by atoms with van der Waals surface area (Å²) in [7, 11) is 0. The van der Waals surface area contributed by atoms with Crippen LogP contribution in [-0.4, -0.2) is 29.3 Å². The van der Waals surface area contributed by atoms with Crippen LogP contribution in [0.4, 0.5) is 11.4 Å². The normalized spacial score (nSPS) is 14.5. The summed E-state index contributed by atoms with van der Waals surface area (Å²) >= 11 is 1.66. The summed E-state index contributed by atoms with van der Waals surface area (Å²) in [5.41, 5.74) is 8.72. The first-order valence-corrected chi connectivity index (χ1v) is 6.63. The quantitative estimate of drug-likeness (QED) is 0.690. The number of nitrogens with one attached hydrogen (secondary N) is 1. The van der Waals surface area contributed by atoms with Crippen molar-refractivity contribution in [1.29, 1.82) is 0 Å². The van der Waals surface area contributed by atoms with Crippen LogP contribution in [0.5, 0.6) is 0 Å². The van der Waals surface area contributed by atoms with Gasteiger partial charge in [-0.1, -0.05) is 6.07 Å². The smallest absolute Gasteiger partial charge is 0.0569 e. The first-order valence-electron chi connectivity index (χ1n) is 5.34. The van der Waals surface area contributed by atoms with Crippen molar-refractivity contribution in [2.75, 3.05) is 23.9 Å². The molecule has 3 nitrogen and oxygen atoms in total. The van der Waals surface area contributed by atoms with Crippen LogP contribution in [0, 0.1) is 6.92 Å². The second-order valence-corrected chi connectivity index (χ2v) is 5.04. The Morgan fingerprint density at radius 1 is 1.50 bits per heavy atom. The molecule has 90 valence electrons. The molecule has 1 rings (SSSR count). The number of rotatable bonds is 5. The average Bonchev–Trinajstić information content (AvgIpc) is 2.25. The minimum absolute atomic E-state index is 0.177. The third-order valence-electron chi connectivity index (χ3n) is 2.71. The van der Waals surface area contributed by atoms with Crippen molar-refractivity contribution >= 4 is 23.1 Å². The first-order chi connectivity index (χ1) is 7.58. The van der Waals surface area contributed by atoms with Gasteiger partial charge in [0.05, 0.1) is 6.61 Å². The largest absolute Gasteiger partial charge is 0.398 e. The van der Waals surface area contributed by atoms with Gasteiger partial charge in [-0.05, 0) is 37.8 Å². The Morgan fingerprint density at radius 2 is 2.19 bits per heavy atom. The summed E-state index contributed by atoms with van der Waals surface area (Å²) in [4.78, 5) is 0. The standard InChI is InChI=1S/C12H20N2OS/c1-8-4-5-10(6-11(8)13)14-9(2)12(7-15)16-3/h4-6,9,12,14-15H,7,13H2,1-3H3. The molecule has 4 heteroatoms. The van der Waals surface area contributed by atoms with E-state index in [1.54, 1.807) is 11.8 Å². The average molecular weight is 240 g/mol. The molecule has 0 radical (unpaired) electrons. The van der Waals surface area contributed by atoms with Gasteiger partial charge in [-0.2, -0.15) is 11.8 Å². The molecule has 2 unspecified atom stereocenters. The fourth-order valence-corrected chi connectivity index (χ4v) is 2.15. The Hall–Kier alpha value is -0.870. The van der Waals surface area contributed by atoms with Gasteiger partial charge in [0.25, 0.3) is 0 Å². The Bertz CT molecular complexity index is 340. The Labute approximate surface area is 101 Å². The molecule has 0 amide bonds. The van der Waals surface area contributed by atoms with Crippen LogP contribution in [0.3, 0.4) is 0 Å². The van der Waals surface area contributed by atoms with Gasteiger partial charge < -0.3 is 16.2 Å². The fourth-order valence-electron chi connectivity index (χ4n) is 1.52. The molecule has 0 saturated carbocycles. The van der Waals surface area contributed by atoms with Crippen LogP contribution in [0.1, 0.15) is 12.5 Å². The monoisotopic (exact) mass is 240 g/mol. The maximum absolute atomic E-state index is 9.19. The lowest BCUT2D eigenvalue weighted by Crippen LogP contribution is -2.30. The molecule has 0 aliphatic rings. The molecule has 0 fully saturated rings. The number of nitrogen functional groups attached to an aromatic ring is 1. The summed E-state index contributed by atoms with van der Waals surface area (Å²) in [5, 5.41) is 12.7. The zero-order chi connectivity index (χ0) is 12.1. The van der Waals surface area contributed by atoms with Crippen molar-refractivity contribution in [3.8, 4) is 0 Å². The zero-order valence-electron chi connectivity index (χ0n) is 10.0. The van der Waals surface area contributed by atoms with Crippen LogP contribution < -0.4 is 11.1 Å². The number of hydrogen-bond donors (Lipinski definition) is 3. The van der Waals surface area contributed by atoms with E-state index in [9.17, 15) is 5.11 Å². The van der Waals surface area contributed by atoms with E-state index in [0.29, 0.717) is 0 Å². The summed E-state index contributed by atoms with van der Waals surface area (Å²) in [6.07, 6.45) is 2.00. The fraction of sp³-hybridized carbons (Fsp3) is 0.500. The number of aliphatic hydroxyl groups is 1. The lowest BCUT2D eigenvalue weighted by atomic mass is 10.1. The van der Waals surface area contributed by atoms with Crippen molar-refractivity contribution in [2.45, 2.75) is 25.1 Å². The van der Waals surface area contributed by atoms with E-state index in [-0.39, 0.29) is 17.9 Å². The van der Waals surface area contributed by atoms with Crippen LogP contribution >= 0.6 is 11.8 Å². The van der Waals surface area contributed by atoms with E-state index in [0.717, 1.165) is 16.9 Å². The molecule has 1 aromatic rings. The summed E-state index contributed by atoms with van der Waals surface area (Å²) in [5.74, 6) is 0. The second-order valence-electron chi connectivity index (χ2n) is 3.96. The second kappa shape index (κ2) is 6.01. The molecule has 16 heavy (non-hydrogen) atoms. The maximum Gasteiger partial charge on any atom is 0.0569 e. The minimum Gasteiger partial charge on any atom is -0.398 e. The van der Waals surface area contributed by atoms with E-state index >= 15 is 0 Å². The van der Waals surface area contributed by atoms with Crippen LogP contribution in [0.2, 0.25) is 0 Å². The zero-order valence-corrected chi connectivity index (χ0v) is 10.8. The number of aliphatic hydroxyl groups excluding tert-OH is 1. The predicted octanol–water partition coefficient (Wildman–Crippen LogP) is 2.10. The SMILES string of the molecule is CSC(CO)C(C)Nc1ccc(C)c(N)c1. The predicted molar refractivity (Wildman–Crippen MR) is 73.1 cm³/mol. The third kappa shape index (κ3) is 3.32. The number of thioether (sulfide) groups is 1. The van der Waals surface area contributed by atoms with Gasteiger partial charge in [-0.15, -0.1) is 0 Å². The molecular formula is C12H20N2OS. The lowest BCUT2D eigenvalue weighted by molar-refractivity contribution is 0.288. The molecule has 0 aliphatic carbocycles. The van der Waals surface area contributed by atoms with Crippen molar-refractivity contribution in [1.82, 2.24) is 0 Å². The molecule has 0 spiro atoms. The Kier molecular flexibility index (Phi) is 4.96. The molecule has 0 aromatic heterocycles. The van der Waals surface area contributed by atoms with Gasteiger partial charge in [0.2, 0.25) is 0 Å². The van der Waals surface area contributed by atoms with E-state index in [1.165, 1.54) is 0 Å². The van der Waals surface area contributed by atoms with Crippen LogP contribution in [-0.2, 0) is 0 Å². The van der Waals surface area contributed by atoms with Crippen LogP contribution in [0.15, 0.2) is 18.2 Å². The molecule has 0 aliphatic heterocycles. The van der Waals surface area contributed by atoms with Gasteiger partial charge >= 0.3 is 0 Å².